The van der Waals surface area contributed by atoms with Gasteiger partial charge in [-0.25, -0.2) is 4.79 Å². The number of anilines is 1. The molecular formula is C21H27ClN2O. The van der Waals surface area contributed by atoms with E-state index in [9.17, 15) is 4.79 Å². The van der Waals surface area contributed by atoms with Gasteiger partial charge in [-0.1, -0.05) is 62.7 Å². The van der Waals surface area contributed by atoms with Gasteiger partial charge in [0.25, 0.3) is 0 Å². The molecule has 0 bridgehead atoms. The maximum Gasteiger partial charge on any atom is 0.324 e. The third kappa shape index (κ3) is 4.55. The first-order chi connectivity index (χ1) is 11.8. The number of amides is 2. The van der Waals surface area contributed by atoms with Gasteiger partial charge in [-0.05, 0) is 41.7 Å². The Morgan fingerprint density at radius 1 is 0.920 bits per heavy atom. The fourth-order valence-electron chi connectivity index (χ4n) is 3.02. The quantitative estimate of drug-likeness (QED) is 0.656. The molecule has 2 aromatic carbocycles. The predicted octanol–water partition coefficient (Wildman–Crippen LogP) is 5.86. The maximum atomic E-state index is 13.1. The predicted molar refractivity (Wildman–Crippen MR) is 106 cm³/mol. The van der Waals surface area contributed by atoms with Gasteiger partial charge >= 0.3 is 6.03 Å². The van der Waals surface area contributed by atoms with Gasteiger partial charge in [-0.3, -0.25) is 4.90 Å². The van der Waals surface area contributed by atoms with Crippen LogP contribution in [-0.4, -0.2) is 25.0 Å². The Kier molecular flexibility index (Phi) is 6.49. The Morgan fingerprint density at radius 2 is 1.48 bits per heavy atom. The summed E-state index contributed by atoms with van der Waals surface area (Å²) in [6, 6.07) is 17.4. The first-order valence-corrected chi connectivity index (χ1v) is 9.01. The summed E-state index contributed by atoms with van der Waals surface area (Å²) < 4.78 is 0. The molecule has 0 unspecified atom stereocenters. The minimum Gasteiger partial charge on any atom is -0.320 e. The van der Waals surface area contributed by atoms with Crippen molar-refractivity contribution >= 4 is 23.3 Å². The van der Waals surface area contributed by atoms with Crippen molar-refractivity contribution in [2.45, 2.75) is 26.8 Å². The highest BCUT2D eigenvalue weighted by Gasteiger charge is 2.30. The average molecular weight is 359 g/mol. The zero-order valence-electron chi connectivity index (χ0n) is 15.6. The van der Waals surface area contributed by atoms with Crippen molar-refractivity contribution in [2.75, 3.05) is 19.0 Å². The second-order valence-corrected chi connectivity index (χ2v) is 7.32. The number of halogens is 1. The molecule has 0 saturated carbocycles. The van der Waals surface area contributed by atoms with Crippen LogP contribution in [0.2, 0.25) is 5.02 Å². The molecular weight excluding hydrogens is 332 g/mol. The van der Waals surface area contributed by atoms with Crippen molar-refractivity contribution in [1.82, 2.24) is 4.90 Å². The fraction of sp³-hybridized carbons (Fsp3) is 0.381. The van der Waals surface area contributed by atoms with Crippen molar-refractivity contribution in [3.63, 3.8) is 0 Å². The number of carbonyl (C=O) groups excluding carboxylic acids is 1. The second kappa shape index (κ2) is 8.39. The minimum absolute atomic E-state index is 0.0177. The summed E-state index contributed by atoms with van der Waals surface area (Å²) in [6.07, 6.45) is 0. The molecule has 2 rings (SSSR count). The van der Waals surface area contributed by atoms with Crippen LogP contribution in [0.5, 0.6) is 0 Å². The summed E-state index contributed by atoms with van der Waals surface area (Å²) in [7, 11) is 3.69. The summed E-state index contributed by atoms with van der Waals surface area (Å²) in [5.74, 6) is 0.747. The summed E-state index contributed by atoms with van der Waals surface area (Å²) in [4.78, 5) is 16.6. The van der Waals surface area contributed by atoms with Gasteiger partial charge in [-0.15, -0.1) is 0 Å². The summed E-state index contributed by atoms with van der Waals surface area (Å²) in [6.45, 7) is 6.57. The monoisotopic (exact) mass is 358 g/mol. The molecule has 0 heterocycles. The van der Waals surface area contributed by atoms with Crippen LogP contribution in [0, 0.1) is 11.8 Å². The Labute approximate surface area is 156 Å². The number of benzene rings is 2. The van der Waals surface area contributed by atoms with Crippen LogP contribution in [0.4, 0.5) is 10.5 Å². The molecule has 0 saturated heterocycles. The smallest absolute Gasteiger partial charge is 0.320 e. The van der Waals surface area contributed by atoms with Crippen molar-refractivity contribution in [3.8, 4) is 0 Å². The summed E-state index contributed by atoms with van der Waals surface area (Å²) in [5.41, 5.74) is 1.98. The van der Waals surface area contributed by atoms with Crippen LogP contribution in [0.1, 0.15) is 32.4 Å². The SMILES string of the molecule is CC(C)[C@@H](C)[C@@H](c1ccc(Cl)cc1)N(C)C(=O)N(C)c1ccccc1. The lowest BCUT2D eigenvalue weighted by atomic mass is 9.85. The number of hydrogen-bond acceptors (Lipinski definition) is 1. The molecule has 0 fully saturated rings. The molecule has 0 aromatic heterocycles. The topological polar surface area (TPSA) is 23.6 Å². The van der Waals surface area contributed by atoms with Gasteiger partial charge in [0.2, 0.25) is 0 Å². The molecule has 2 atom stereocenters. The van der Waals surface area contributed by atoms with Gasteiger partial charge in [0.1, 0.15) is 0 Å². The molecule has 0 spiro atoms. The highest BCUT2D eigenvalue weighted by atomic mass is 35.5. The van der Waals surface area contributed by atoms with E-state index in [0.717, 1.165) is 11.3 Å². The lowest BCUT2D eigenvalue weighted by Gasteiger charge is -2.37. The van der Waals surface area contributed by atoms with Crippen molar-refractivity contribution < 1.29 is 4.79 Å². The van der Waals surface area contributed by atoms with Gasteiger partial charge < -0.3 is 4.90 Å². The lowest BCUT2D eigenvalue weighted by Crippen LogP contribution is -2.43. The molecule has 2 aromatic rings. The number of carbonyl (C=O) groups is 1. The number of para-hydroxylation sites is 1. The van der Waals surface area contributed by atoms with Gasteiger partial charge in [0, 0.05) is 24.8 Å². The van der Waals surface area contributed by atoms with Crippen LogP contribution in [-0.2, 0) is 0 Å². The largest absolute Gasteiger partial charge is 0.324 e. The van der Waals surface area contributed by atoms with Crippen molar-refractivity contribution in [1.29, 1.82) is 0 Å². The van der Waals surface area contributed by atoms with E-state index < -0.39 is 0 Å². The first-order valence-electron chi connectivity index (χ1n) is 8.64. The van der Waals surface area contributed by atoms with E-state index in [1.165, 1.54) is 0 Å². The van der Waals surface area contributed by atoms with Crippen LogP contribution >= 0.6 is 11.6 Å². The normalized spacial score (nSPS) is 13.4. The van der Waals surface area contributed by atoms with Gasteiger partial charge in [0.15, 0.2) is 0 Å². The maximum absolute atomic E-state index is 13.1. The van der Waals surface area contributed by atoms with E-state index in [0.29, 0.717) is 16.9 Å². The number of urea groups is 1. The van der Waals surface area contributed by atoms with Crippen LogP contribution < -0.4 is 4.90 Å². The number of rotatable bonds is 5. The number of hydrogen-bond donors (Lipinski definition) is 0. The van der Waals surface area contributed by atoms with Crippen molar-refractivity contribution in [2.24, 2.45) is 11.8 Å². The molecule has 4 heteroatoms. The minimum atomic E-state index is -0.0290. The molecule has 2 amide bonds. The fourth-order valence-corrected chi connectivity index (χ4v) is 3.15. The van der Waals surface area contributed by atoms with Gasteiger partial charge in [-0.2, -0.15) is 0 Å². The van der Waals surface area contributed by atoms with Gasteiger partial charge in [0.05, 0.1) is 6.04 Å². The first kappa shape index (κ1) is 19.3. The Bertz CT molecular complexity index is 685. The highest BCUT2D eigenvalue weighted by molar-refractivity contribution is 6.30. The standard InChI is InChI=1S/C21H27ClN2O/c1-15(2)16(3)20(17-11-13-18(22)14-12-17)24(5)21(25)23(4)19-9-7-6-8-10-19/h6-16,20H,1-5H3/t16-,20+/m1/s1. The van der Waals surface area contributed by atoms with Crippen LogP contribution in [0.25, 0.3) is 0 Å². The van der Waals surface area contributed by atoms with E-state index in [4.69, 9.17) is 11.6 Å². The van der Waals surface area contributed by atoms with Crippen LogP contribution in [0.15, 0.2) is 54.6 Å². The Hall–Kier alpha value is -2.00. The van der Waals surface area contributed by atoms with E-state index >= 15 is 0 Å². The molecule has 0 N–H and O–H groups in total. The average Bonchev–Trinajstić information content (AvgIpc) is 2.62. The second-order valence-electron chi connectivity index (χ2n) is 6.89. The molecule has 0 aliphatic carbocycles. The summed E-state index contributed by atoms with van der Waals surface area (Å²) >= 11 is 6.04. The third-order valence-electron chi connectivity index (χ3n) is 4.91. The molecule has 3 nitrogen and oxygen atoms in total. The molecule has 134 valence electrons. The molecule has 0 aliphatic heterocycles. The zero-order valence-corrected chi connectivity index (χ0v) is 16.4. The summed E-state index contributed by atoms with van der Waals surface area (Å²) in [5, 5.41) is 0.704. The van der Waals surface area contributed by atoms with E-state index in [1.54, 1.807) is 4.90 Å². The molecule has 0 radical (unpaired) electrons. The molecule has 25 heavy (non-hydrogen) atoms. The van der Waals surface area contributed by atoms with E-state index in [2.05, 4.69) is 20.8 Å². The van der Waals surface area contributed by atoms with Crippen molar-refractivity contribution in [3.05, 3.63) is 65.2 Å². The Balaban J connectivity index is 2.32. The third-order valence-corrected chi connectivity index (χ3v) is 5.16. The highest BCUT2D eigenvalue weighted by Crippen LogP contribution is 2.34. The van der Waals surface area contributed by atoms with Crippen LogP contribution in [0.3, 0.4) is 0 Å². The van der Waals surface area contributed by atoms with E-state index in [1.807, 2.05) is 73.6 Å². The van der Waals surface area contributed by atoms with E-state index in [-0.39, 0.29) is 12.1 Å². The Morgan fingerprint density at radius 3 is 2.00 bits per heavy atom. The molecule has 0 aliphatic rings. The number of nitrogens with zero attached hydrogens (tertiary/aromatic N) is 2. The zero-order chi connectivity index (χ0) is 18.6. The lowest BCUT2D eigenvalue weighted by molar-refractivity contribution is 0.160.